The smallest absolute Gasteiger partial charge is 0.296 e. The molecule has 1 aromatic heterocycles. The number of halogens is 1. The van der Waals surface area contributed by atoms with Crippen molar-refractivity contribution in [1.29, 1.82) is 0 Å². The molecule has 3 rings (SSSR count). The van der Waals surface area contributed by atoms with Crippen molar-refractivity contribution in [3.05, 3.63) is 52.7 Å². The van der Waals surface area contributed by atoms with E-state index in [1.165, 1.54) is 25.1 Å². The van der Waals surface area contributed by atoms with Crippen LogP contribution in [0.4, 0.5) is 11.4 Å². The van der Waals surface area contributed by atoms with Crippen molar-refractivity contribution in [2.75, 3.05) is 0 Å². The zero-order valence-corrected chi connectivity index (χ0v) is 18.3. The van der Waals surface area contributed by atoms with E-state index in [4.69, 9.17) is 11.6 Å². The second kappa shape index (κ2) is 8.01. The first-order valence-electron chi connectivity index (χ1n) is 8.35. The molecule has 164 valence electrons. The molecule has 31 heavy (non-hydrogen) atoms. The van der Waals surface area contributed by atoms with Crippen molar-refractivity contribution in [3.8, 4) is 11.6 Å². The zero-order chi connectivity index (χ0) is 23.1. The number of azo groups is 1. The van der Waals surface area contributed by atoms with Crippen LogP contribution >= 0.6 is 11.6 Å². The summed E-state index contributed by atoms with van der Waals surface area (Å²) < 4.78 is 65.5. The Labute approximate surface area is 182 Å². The molecule has 0 radical (unpaired) electrons. The van der Waals surface area contributed by atoms with E-state index in [1.807, 2.05) is 0 Å². The van der Waals surface area contributed by atoms with Crippen LogP contribution in [0.3, 0.4) is 0 Å². The first-order valence-corrected chi connectivity index (χ1v) is 11.6. The van der Waals surface area contributed by atoms with Crippen LogP contribution in [0, 0.1) is 13.8 Å². The highest BCUT2D eigenvalue weighted by Gasteiger charge is 2.20. The first-order chi connectivity index (χ1) is 14.3. The molecule has 0 atom stereocenters. The van der Waals surface area contributed by atoms with E-state index in [9.17, 15) is 31.0 Å². The van der Waals surface area contributed by atoms with E-state index in [0.29, 0.717) is 5.56 Å². The minimum absolute atomic E-state index is 0.0946. The highest BCUT2D eigenvalue weighted by Crippen LogP contribution is 2.36. The number of nitrogens with zero attached hydrogens (tertiary/aromatic N) is 4. The van der Waals surface area contributed by atoms with Gasteiger partial charge in [-0.3, -0.25) is 9.11 Å². The average molecular weight is 487 g/mol. The molecule has 0 aliphatic heterocycles. The molecule has 0 aliphatic carbocycles. The van der Waals surface area contributed by atoms with Gasteiger partial charge in [0, 0.05) is 5.02 Å². The molecule has 2 aromatic carbocycles. The summed E-state index contributed by atoms with van der Waals surface area (Å²) in [5.74, 6) is -0.521. The monoisotopic (exact) mass is 486 g/mol. The number of benzene rings is 2. The molecule has 0 spiro atoms. The lowest BCUT2D eigenvalue weighted by Crippen LogP contribution is -2.01. The van der Waals surface area contributed by atoms with Crippen LogP contribution in [0.5, 0.6) is 5.88 Å². The summed E-state index contributed by atoms with van der Waals surface area (Å²) >= 11 is 5.91. The van der Waals surface area contributed by atoms with Gasteiger partial charge in [-0.25, -0.2) is 0 Å². The minimum Gasteiger partial charge on any atom is -0.492 e. The summed E-state index contributed by atoms with van der Waals surface area (Å²) in [6, 6.07) is 7.33. The van der Waals surface area contributed by atoms with E-state index in [-0.39, 0.29) is 27.8 Å². The maximum atomic E-state index is 11.6. The molecule has 0 aliphatic rings. The van der Waals surface area contributed by atoms with Gasteiger partial charge in [-0.1, -0.05) is 17.7 Å². The third kappa shape index (κ3) is 4.75. The number of hydrogen-bond donors (Lipinski definition) is 3. The maximum Gasteiger partial charge on any atom is 0.296 e. The second-order valence-electron chi connectivity index (χ2n) is 6.39. The van der Waals surface area contributed by atoms with Crippen LogP contribution in [0.15, 0.2) is 56.4 Å². The Hall–Kier alpha value is -2.84. The average Bonchev–Trinajstić information content (AvgIpc) is 2.95. The molecular formula is C17H15ClN4O7S2. The first kappa shape index (κ1) is 22.8. The van der Waals surface area contributed by atoms with Gasteiger partial charge >= 0.3 is 0 Å². The Morgan fingerprint density at radius 2 is 1.68 bits per heavy atom. The molecule has 14 heteroatoms. The van der Waals surface area contributed by atoms with Gasteiger partial charge in [0.05, 0.1) is 16.3 Å². The third-order valence-corrected chi connectivity index (χ3v) is 6.28. The highest BCUT2D eigenvalue weighted by atomic mass is 35.5. The number of aryl methyl sites for hydroxylation is 2. The van der Waals surface area contributed by atoms with Crippen LogP contribution in [0.2, 0.25) is 5.02 Å². The molecule has 3 aromatic rings. The van der Waals surface area contributed by atoms with E-state index in [0.717, 1.165) is 22.9 Å². The van der Waals surface area contributed by atoms with Gasteiger partial charge < -0.3 is 5.11 Å². The number of aromatic hydroxyl groups is 1. The lowest BCUT2D eigenvalue weighted by atomic mass is 10.2. The molecule has 0 fully saturated rings. The van der Waals surface area contributed by atoms with Crippen LogP contribution < -0.4 is 0 Å². The quantitative estimate of drug-likeness (QED) is 0.361. The van der Waals surface area contributed by atoms with Gasteiger partial charge in [0.25, 0.3) is 20.2 Å². The fourth-order valence-corrected chi connectivity index (χ4v) is 4.00. The molecular weight excluding hydrogens is 472 g/mol. The van der Waals surface area contributed by atoms with Gasteiger partial charge in [-0.05, 0) is 49.7 Å². The van der Waals surface area contributed by atoms with Crippen molar-refractivity contribution >= 4 is 43.2 Å². The van der Waals surface area contributed by atoms with Crippen molar-refractivity contribution < 1.29 is 31.0 Å². The molecule has 0 unspecified atom stereocenters. The fraction of sp³-hybridized carbons (Fsp3) is 0.118. The predicted molar refractivity (Wildman–Crippen MR) is 110 cm³/mol. The Kier molecular flexibility index (Phi) is 5.90. The largest absolute Gasteiger partial charge is 0.492 e. The van der Waals surface area contributed by atoms with E-state index >= 15 is 0 Å². The lowest BCUT2D eigenvalue weighted by molar-refractivity contribution is 0.434. The molecule has 0 amide bonds. The highest BCUT2D eigenvalue weighted by molar-refractivity contribution is 7.86. The normalized spacial score (nSPS) is 12.5. The van der Waals surface area contributed by atoms with Crippen molar-refractivity contribution in [2.45, 2.75) is 23.6 Å². The van der Waals surface area contributed by atoms with Crippen molar-refractivity contribution in [1.82, 2.24) is 9.78 Å². The Balaban J connectivity index is 2.10. The van der Waals surface area contributed by atoms with Crippen LogP contribution in [0.1, 0.15) is 11.3 Å². The van der Waals surface area contributed by atoms with Gasteiger partial charge in [-0.15, -0.1) is 10.2 Å². The Morgan fingerprint density at radius 3 is 2.29 bits per heavy atom. The molecule has 1 heterocycles. The topological polar surface area (TPSA) is 172 Å². The van der Waals surface area contributed by atoms with Crippen LogP contribution in [0.25, 0.3) is 5.69 Å². The summed E-state index contributed by atoms with van der Waals surface area (Å²) in [6.07, 6.45) is 0. The van der Waals surface area contributed by atoms with Crippen LogP contribution in [-0.2, 0) is 20.2 Å². The molecule has 0 bridgehead atoms. The number of rotatable bonds is 5. The summed E-state index contributed by atoms with van der Waals surface area (Å²) in [5, 5.41) is 22.3. The second-order valence-corrected chi connectivity index (χ2v) is 9.60. The third-order valence-electron chi connectivity index (χ3n) is 4.14. The Morgan fingerprint density at radius 1 is 1.00 bits per heavy atom. The molecule has 0 saturated carbocycles. The van der Waals surface area contributed by atoms with Gasteiger partial charge in [0.15, 0.2) is 5.69 Å². The van der Waals surface area contributed by atoms with Crippen molar-refractivity contribution in [3.63, 3.8) is 0 Å². The summed E-state index contributed by atoms with van der Waals surface area (Å²) in [5.41, 5.74) is 0.410. The summed E-state index contributed by atoms with van der Waals surface area (Å²) in [7, 11) is -9.13. The Bertz CT molecular complexity index is 1430. The molecule has 3 N–H and O–H groups in total. The predicted octanol–water partition coefficient (Wildman–Crippen LogP) is 3.76. The molecule has 11 nitrogen and oxygen atoms in total. The fourth-order valence-electron chi connectivity index (χ4n) is 2.62. The van der Waals surface area contributed by atoms with Crippen molar-refractivity contribution in [2.24, 2.45) is 10.2 Å². The standard InChI is InChI=1S/C17H15ClN4O7S2/c1-9-6-14(15(8-13(9)18)31(27,28)29)19-20-16-10(2)21-22(17(16)23)11-4-3-5-12(7-11)30(24,25)26/h3-8,23H,1-2H3,(H,24,25,26)(H,27,28,29)/b20-19+. The summed E-state index contributed by atoms with van der Waals surface area (Å²) in [6.45, 7) is 3.08. The number of hydrogen-bond acceptors (Lipinski definition) is 8. The van der Waals surface area contributed by atoms with Gasteiger partial charge in [0.2, 0.25) is 5.88 Å². The minimum atomic E-state index is -4.66. The number of aromatic nitrogens is 2. The van der Waals surface area contributed by atoms with Gasteiger partial charge in [-0.2, -0.15) is 26.6 Å². The van der Waals surface area contributed by atoms with Crippen LogP contribution in [-0.4, -0.2) is 40.8 Å². The molecule has 0 saturated heterocycles. The maximum absolute atomic E-state index is 11.6. The van der Waals surface area contributed by atoms with E-state index < -0.39 is 35.9 Å². The summed E-state index contributed by atoms with van der Waals surface area (Å²) in [4.78, 5) is -0.979. The SMILES string of the molecule is Cc1cc(/N=N/c2c(C)nn(-c3cccc(S(=O)(=O)O)c3)c2O)c(S(=O)(=O)O)cc1Cl. The zero-order valence-electron chi connectivity index (χ0n) is 15.9. The van der Waals surface area contributed by atoms with Gasteiger partial charge in [0.1, 0.15) is 10.6 Å². The van der Waals surface area contributed by atoms with E-state index in [2.05, 4.69) is 15.3 Å². The lowest BCUT2D eigenvalue weighted by Gasteiger charge is -2.05. The van der Waals surface area contributed by atoms with E-state index in [1.54, 1.807) is 6.92 Å².